The predicted molar refractivity (Wildman–Crippen MR) is 102 cm³/mol. The van der Waals surface area contributed by atoms with Gasteiger partial charge in [0.2, 0.25) is 0 Å². The van der Waals surface area contributed by atoms with E-state index in [0.717, 1.165) is 5.69 Å². The molecule has 136 valence electrons. The molecule has 7 nitrogen and oxygen atoms in total. The number of hydrogen-bond acceptors (Lipinski definition) is 4. The second-order valence-corrected chi connectivity index (χ2v) is 5.66. The average Bonchev–Trinajstić information content (AvgIpc) is 3.21. The minimum atomic E-state index is -0.552. The first-order valence-electron chi connectivity index (χ1n) is 8.20. The molecule has 27 heavy (non-hydrogen) atoms. The van der Waals surface area contributed by atoms with Crippen molar-refractivity contribution in [2.45, 2.75) is 0 Å². The summed E-state index contributed by atoms with van der Waals surface area (Å²) in [5.74, 6) is -0.375. The third-order valence-electron chi connectivity index (χ3n) is 3.65. The summed E-state index contributed by atoms with van der Waals surface area (Å²) in [5, 5.41) is 3.95. The number of carbonyl (C=O) groups is 2. The number of amides is 2. The number of nitrogens with two attached hydrogens (primary N) is 1. The first kappa shape index (κ1) is 17.9. The summed E-state index contributed by atoms with van der Waals surface area (Å²) in [6.07, 6.45) is 5.35. The van der Waals surface area contributed by atoms with Gasteiger partial charge in [0.15, 0.2) is 6.61 Å². The molecule has 0 unspecified atom stereocenters. The molecule has 0 bridgehead atoms. The number of rotatable bonds is 7. The highest BCUT2D eigenvalue weighted by molar-refractivity contribution is 5.95. The lowest BCUT2D eigenvalue weighted by Crippen LogP contribution is -2.20. The number of ether oxygens (including phenoxy) is 1. The Morgan fingerprint density at radius 2 is 1.81 bits per heavy atom. The summed E-state index contributed by atoms with van der Waals surface area (Å²) in [6, 6.07) is 18.0. The van der Waals surface area contributed by atoms with E-state index in [1.54, 1.807) is 36.4 Å². The Kier molecular flexibility index (Phi) is 5.64. The average molecular weight is 362 g/mol. The van der Waals surface area contributed by atoms with Crippen molar-refractivity contribution in [3.63, 3.8) is 0 Å². The Hall–Kier alpha value is -3.87. The molecule has 2 aromatic carbocycles. The second kappa shape index (κ2) is 8.48. The molecule has 0 spiro atoms. The number of primary amides is 1. The van der Waals surface area contributed by atoms with Crippen LogP contribution in [0.15, 0.2) is 78.2 Å². The number of hydrogen-bond donors (Lipinski definition) is 2. The minimum absolute atomic E-state index is 0.198. The Bertz CT molecular complexity index is 948. The van der Waals surface area contributed by atoms with Crippen molar-refractivity contribution < 1.29 is 14.3 Å². The molecule has 0 radical (unpaired) electrons. The van der Waals surface area contributed by atoms with Gasteiger partial charge in [0, 0.05) is 23.6 Å². The maximum atomic E-state index is 12.2. The van der Waals surface area contributed by atoms with E-state index in [-0.39, 0.29) is 12.5 Å². The zero-order valence-corrected chi connectivity index (χ0v) is 14.4. The van der Waals surface area contributed by atoms with Gasteiger partial charge in [-0.3, -0.25) is 9.59 Å². The lowest BCUT2D eigenvalue weighted by atomic mass is 10.2. The molecule has 1 aromatic heterocycles. The van der Waals surface area contributed by atoms with Gasteiger partial charge < -0.3 is 15.0 Å². The Balaban J connectivity index is 1.58. The van der Waals surface area contributed by atoms with Crippen LogP contribution in [0.25, 0.3) is 5.69 Å². The second-order valence-electron chi connectivity index (χ2n) is 5.66. The fourth-order valence-electron chi connectivity index (χ4n) is 2.36. The summed E-state index contributed by atoms with van der Waals surface area (Å²) in [5.41, 5.74) is 9.70. The number of hydrazone groups is 1. The lowest BCUT2D eigenvalue weighted by Gasteiger charge is -2.05. The Morgan fingerprint density at radius 3 is 2.52 bits per heavy atom. The zero-order valence-electron chi connectivity index (χ0n) is 14.4. The molecule has 0 atom stereocenters. The largest absolute Gasteiger partial charge is 0.484 e. The number of carbonyl (C=O) groups excluding carboxylic acids is 2. The van der Waals surface area contributed by atoms with Crippen molar-refractivity contribution in [3.05, 3.63) is 84.2 Å². The smallest absolute Gasteiger partial charge is 0.271 e. The van der Waals surface area contributed by atoms with E-state index in [1.807, 2.05) is 41.2 Å². The Labute approximate surface area is 156 Å². The van der Waals surface area contributed by atoms with Crippen LogP contribution in [0.3, 0.4) is 0 Å². The molecule has 0 fully saturated rings. The summed E-state index contributed by atoms with van der Waals surface area (Å²) in [6.45, 7) is -0.198. The fourth-order valence-corrected chi connectivity index (χ4v) is 2.36. The number of benzene rings is 2. The van der Waals surface area contributed by atoms with Gasteiger partial charge in [-0.05, 0) is 54.1 Å². The van der Waals surface area contributed by atoms with Crippen LogP contribution in [0.4, 0.5) is 0 Å². The van der Waals surface area contributed by atoms with Crippen molar-refractivity contribution in [2.24, 2.45) is 10.8 Å². The standard InChI is InChI=1S/C20H18N4O3/c21-19(25)14-27-18-5-3-4-15(12-18)13-22-23-20(26)16-6-8-17(9-7-16)24-10-1-2-11-24/h1-13H,14H2,(H2,21,25)(H,23,26). The van der Waals surface area contributed by atoms with Crippen LogP contribution in [0.2, 0.25) is 0 Å². The van der Waals surface area contributed by atoms with Crippen LogP contribution in [0.5, 0.6) is 5.75 Å². The van der Waals surface area contributed by atoms with Crippen LogP contribution >= 0.6 is 0 Å². The number of aromatic nitrogens is 1. The van der Waals surface area contributed by atoms with E-state index < -0.39 is 5.91 Å². The van der Waals surface area contributed by atoms with E-state index in [2.05, 4.69) is 10.5 Å². The van der Waals surface area contributed by atoms with Gasteiger partial charge in [-0.2, -0.15) is 5.10 Å². The third kappa shape index (κ3) is 5.05. The molecule has 7 heteroatoms. The molecule has 3 aromatic rings. The Morgan fingerprint density at radius 1 is 1.07 bits per heavy atom. The normalized spacial score (nSPS) is 10.7. The highest BCUT2D eigenvalue weighted by Crippen LogP contribution is 2.12. The number of nitrogens with zero attached hydrogens (tertiary/aromatic N) is 2. The van der Waals surface area contributed by atoms with Gasteiger partial charge >= 0.3 is 0 Å². The maximum Gasteiger partial charge on any atom is 0.271 e. The highest BCUT2D eigenvalue weighted by atomic mass is 16.5. The topological polar surface area (TPSA) is 98.7 Å². The van der Waals surface area contributed by atoms with Gasteiger partial charge in [0.05, 0.1) is 6.21 Å². The molecule has 0 saturated heterocycles. The van der Waals surface area contributed by atoms with Crippen molar-refractivity contribution in [2.75, 3.05) is 6.61 Å². The molecular weight excluding hydrogens is 344 g/mol. The van der Waals surface area contributed by atoms with E-state index in [9.17, 15) is 9.59 Å². The molecular formula is C20H18N4O3. The van der Waals surface area contributed by atoms with Gasteiger partial charge in [-0.1, -0.05) is 12.1 Å². The van der Waals surface area contributed by atoms with Crippen LogP contribution in [-0.2, 0) is 4.79 Å². The van der Waals surface area contributed by atoms with Crippen LogP contribution in [0.1, 0.15) is 15.9 Å². The lowest BCUT2D eigenvalue weighted by molar-refractivity contribution is -0.119. The van der Waals surface area contributed by atoms with Gasteiger partial charge in [0.25, 0.3) is 11.8 Å². The van der Waals surface area contributed by atoms with Crippen molar-refractivity contribution in [1.29, 1.82) is 0 Å². The minimum Gasteiger partial charge on any atom is -0.484 e. The van der Waals surface area contributed by atoms with Crippen molar-refractivity contribution in [3.8, 4) is 11.4 Å². The monoisotopic (exact) mass is 362 g/mol. The third-order valence-corrected chi connectivity index (χ3v) is 3.65. The van der Waals surface area contributed by atoms with Gasteiger partial charge in [-0.15, -0.1) is 0 Å². The van der Waals surface area contributed by atoms with E-state index in [0.29, 0.717) is 16.9 Å². The zero-order chi connectivity index (χ0) is 19.1. The summed E-state index contributed by atoms with van der Waals surface area (Å²) >= 11 is 0. The van der Waals surface area contributed by atoms with Crippen molar-refractivity contribution in [1.82, 2.24) is 9.99 Å². The van der Waals surface area contributed by atoms with Gasteiger partial charge in [-0.25, -0.2) is 5.43 Å². The molecule has 0 aliphatic heterocycles. The molecule has 0 aliphatic carbocycles. The molecule has 1 heterocycles. The predicted octanol–water partition coefficient (Wildman–Crippen LogP) is 2.11. The quantitative estimate of drug-likeness (QED) is 0.497. The first-order valence-corrected chi connectivity index (χ1v) is 8.20. The SMILES string of the molecule is NC(=O)COc1cccc(C=NNC(=O)c2ccc(-n3cccc3)cc2)c1. The molecule has 0 saturated carbocycles. The van der Waals surface area contributed by atoms with Crippen LogP contribution in [0, 0.1) is 0 Å². The van der Waals surface area contributed by atoms with Crippen LogP contribution in [-0.4, -0.2) is 29.2 Å². The van der Waals surface area contributed by atoms with Crippen LogP contribution < -0.4 is 15.9 Å². The van der Waals surface area contributed by atoms with Crippen molar-refractivity contribution >= 4 is 18.0 Å². The molecule has 3 rings (SSSR count). The highest BCUT2D eigenvalue weighted by Gasteiger charge is 2.04. The molecule has 2 amide bonds. The number of nitrogens with one attached hydrogen (secondary N) is 1. The molecule has 3 N–H and O–H groups in total. The summed E-state index contributed by atoms with van der Waals surface area (Å²) in [4.78, 5) is 22.9. The van der Waals surface area contributed by atoms with Gasteiger partial charge in [0.1, 0.15) is 5.75 Å². The fraction of sp³-hybridized carbons (Fsp3) is 0.0500. The summed E-state index contributed by atoms with van der Waals surface area (Å²) in [7, 11) is 0. The first-order chi connectivity index (χ1) is 13.1. The van der Waals surface area contributed by atoms with E-state index >= 15 is 0 Å². The van der Waals surface area contributed by atoms with E-state index in [1.165, 1.54) is 6.21 Å². The maximum absolute atomic E-state index is 12.2. The summed E-state index contributed by atoms with van der Waals surface area (Å²) < 4.78 is 7.17. The molecule has 0 aliphatic rings. The van der Waals surface area contributed by atoms with E-state index in [4.69, 9.17) is 10.5 Å².